The molecule has 1 fully saturated rings. The topological polar surface area (TPSA) is 94.7 Å². The number of carbonyl (C=O) groups is 1. The summed E-state index contributed by atoms with van der Waals surface area (Å²) in [5.74, 6) is -0.476. The number of benzene rings is 2. The number of hydrogen-bond donors (Lipinski definition) is 3. The van der Waals surface area contributed by atoms with E-state index in [9.17, 15) is 14.3 Å². The van der Waals surface area contributed by atoms with Gasteiger partial charge >= 0.3 is 0 Å². The molecule has 1 amide bonds. The number of phenols is 1. The third-order valence-corrected chi connectivity index (χ3v) is 6.65. The van der Waals surface area contributed by atoms with Crippen LogP contribution in [0.25, 0.3) is 11.3 Å². The minimum absolute atomic E-state index is 0.0123. The Morgan fingerprint density at radius 1 is 1.20 bits per heavy atom. The molecule has 0 radical (unpaired) electrons. The van der Waals surface area contributed by atoms with Gasteiger partial charge in [0.25, 0.3) is 5.91 Å². The molecule has 184 valence electrons. The number of rotatable bonds is 6. The van der Waals surface area contributed by atoms with Crippen molar-refractivity contribution in [3.8, 4) is 17.0 Å². The molecule has 4 N–H and O–H groups in total. The van der Waals surface area contributed by atoms with Crippen LogP contribution in [0.5, 0.6) is 5.75 Å². The maximum absolute atomic E-state index is 14.5. The number of carbonyl (C=O) groups excluding carboxylic acids is 1. The summed E-state index contributed by atoms with van der Waals surface area (Å²) in [5, 5.41) is 13.6. The summed E-state index contributed by atoms with van der Waals surface area (Å²) in [6, 6.07) is 13.4. The third kappa shape index (κ3) is 5.38. The van der Waals surface area contributed by atoms with Crippen LogP contribution >= 0.6 is 0 Å². The van der Waals surface area contributed by atoms with Crippen LogP contribution in [0.1, 0.15) is 35.7 Å². The van der Waals surface area contributed by atoms with Crippen LogP contribution < -0.4 is 16.0 Å². The van der Waals surface area contributed by atoms with Crippen molar-refractivity contribution in [3.05, 3.63) is 65.5 Å². The molecular formula is C27H32FN5O2. The van der Waals surface area contributed by atoms with Crippen molar-refractivity contribution in [2.24, 2.45) is 0 Å². The quantitative estimate of drug-likeness (QED) is 0.485. The lowest BCUT2D eigenvalue weighted by Crippen LogP contribution is -2.44. The molecule has 1 aliphatic rings. The largest absolute Gasteiger partial charge is 0.507 e. The lowest BCUT2D eigenvalue weighted by atomic mass is 10.0. The van der Waals surface area contributed by atoms with Gasteiger partial charge in [-0.15, -0.1) is 0 Å². The molecule has 0 unspecified atom stereocenters. The lowest BCUT2D eigenvalue weighted by Gasteiger charge is -2.31. The van der Waals surface area contributed by atoms with E-state index in [1.165, 1.54) is 12.1 Å². The lowest BCUT2D eigenvalue weighted by molar-refractivity contribution is 0.0913. The van der Waals surface area contributed by atoms with Crippen molar-refractivity contribution in [1.82, 2.24) is 15.2 Å². The van der Waals surface area contributed by atoms with Gasteiger partial charge in [-0.25, -0.2) is 9.37 Å². The molecule has 0 saturated carbocycles. The van der Waals surface area contributed by atoms with Crippen molar-refractivity contribution in [2.75, 3.05) is 37.3 Å². The van der Waals surface area contributed by atoms with Crippen LogP contribution in [0.2, 0.25) is 0 Å². The van der Waals surface area contributed by atoms with Gasteiger partial charge in [0.1, 0.15) is 17.4 Å². The second-order valence-corrected chi connectivity index (χ2v) is 9.03. The number of hydrogen-bond acceptors (Lipinski definition) is 6. The van der Waals surface area contributed by atoms with Gasteiger partial charge in [-0.3, -0.25) is 4.79 Å². The third-order valence-electron chi connectivity index (χ3n) is 6.65. The molecule has 1 aliphatic heterocycles. The second kappa shape index (κ2) is 10.3. The van der Waals surface area contributed by atoms with Crippen LogP contribution in [0.15, 0.2) is 48.5 Å². The molecule has 8 heteroatoms. The molecule has 7 nitrogen and oxygen atoms in total. The summed E-state index contributed by atoms with van der Waals surface area (Å²) in [4.78, 5) is 21.3. The van der Waals surface area contributed by atoms with Crippen LogP contribution in [-0.4, -0.2) is 53.6 Å². The maximum Gasteiger partial charge on any atom is 0.255 e. The summed E-state index contributed by atoms with van der Waals surface area (Å²) < 4.78 is 14.5. The van der Waals surface area contributed by atoms with E-state index in [0.717, 1.165) is 38.0 Å². The van der Waals surface area contributed by atoms with E-state index < -0.39 is 0 Å². The van der Waals surface area contributed by atoms with Gasteiger partial charge in [0, 0.05) is 37.4 Å². The molecule has 2 heterocycles. The van der Waals surface area contributed by atoms with Crippen LogP contribution in [0, 0.1) is 12.7 Å². The van der Waals surface area contributed by atoms with Gasteiger partial charge in [-0.1, -0.05) is 13.0 Å². The second-order valence-electron chi connectivity index (χ2n) is 9.03. The SMILES string of the molecule is CCN1CCC(NC(=O)c2ccc(-c3cc(N(C)c4ccc(C)cc4F)ccc3O)nc2N)CC1. The summed E-state index contributed by atoms with van der Waals surface area (Å²) in [5.41, 5.74) is 9.24. The van der Waals surface area contributed by atoms with E-state index in [1.807, 2.05) is 13.0 Å². The average Bonchev–Trinajstić information content (AvgIpc) is 2.84. The number of phenolic OH excluding ortho intramolecular Hbond substituents is 1. The van der Waals surface area contributed by atoms with Gasteiger partial charge in [0.2, 0.25) is 0 Å². The van der Waals surface area contributed by atoms with Crippen LogP contribution in [0.4, 0.5) is 21.6 Å². The number of nitrogens with one attached hydrogen (secondary N) is 1. The molecule has 2 aromatic carbocycles. The van der Waals surface area contributed by atoms with E-state index >= 15 is 0 Å². The fourth-order valence-corrected chi connectivity index (χ4v) is 4.43. The Morgan fingerprint density at radius 2 is 1.94 bits per heavy atom. The molecular weight excluding hydrogens is 445 g/mol. The van der Waals surface area contributed by atoms with E-state index in [0.29, 0.717) is 28.2 Å². The summed E-state index contributed by atoms with van der Waals surface area (Å²) in [7, 11) is 1.75. The minimum atomic E-state index is -0.333. The van der Waals surface area contributed by atoms with Gasteiger partial charge < -0.3 is 26.0 Å². The molecule has 0 atom stereocenters. The normalized spacial score (nSPS) is 14.6. The van der Waals surface area contributed by atoms with Gasteiger partial charge in [-0.2, -0.15) is 0 Å². The Morgan fingerprint density at radius 3 is 2.60 bits per heavy atom. The molecule has 0 spiro atoms. The smallest absolute Gasteiger partial charge is 0.255 e. The fraction of sp³-hybridized carbons (Fsp3) is 0.333. The van der Waals surface area contributed by atoms with E-state index in [2.05, 4.69) is 22.1 Å². The Labute approximate surface area is 205 Å². The number of piperidine rings is 1. The highest BCUT2D eigenvalue weighted by molar-refractivity contribution is 5.99. The van der Waals surface area contributed by atoms with Crippen molar-refractivity contribution in [2.45, 2.75) is 32.7 Å². The van der Waals surface area contributed by atoms with E-state index in [4.69, 9.17) is 5.73 Å². The van der Waals surface area contributed by atoms with Crippen molar-refractivity contribution in [3.63, 3.8) is 0 Å². The van der Waals surface area contributed by atoms with Crippen LogP contribution in [-0.2, 0) is 0 Å². The van der Waals surface area contributed by atoms with Crippen molar-refractivity contribution < 1.29 is 14.3 Å². The predicted octanol–water partition coefficient (Wildman–Crippen LogP) is 4.47. The first-order valence-electron chi connectivity index (χ1n) is 11.9. The fourth-order valence-electron chi connectivity index (χ4n) is 4.43. The number of aromatic hydroxyl groups is 1. The molecule has 0 bridgehead atoms. The number of nitrogens with zero attached hydrogens (tertiary/aromatic N) is 3. The number of nitrogens with two attached hydrogens (primary N) is 1. The molecule has 3 aromatic rings. The number of halogens is 1. The average molecular weight is 478 g/mol. The zero-order valence-electron chi connectivity index (χ0n) is 20.4. The first-order chi connectivity index (χ1) is 16.8. The Hall–Kier alpha value is -3.65. The number of anilines is 3. The Bertz CT molecular complexity index is 1220. The highest BCUT2D eigenvalue weighted by atomic mass is 19.1. The maximum atomic E-state index is 14.5. The summed E-state index contributed by atoms with van der Waals surface area (Å²) in [6.07, 6.45) is 1.81. The number of likely N-dealkylation sites (tertiary alicyclic amines) is 1. The zero-order valence-corrected chi connectivity index (χ0v) is 20.4. The Kier molecular flexibility index (Phi) is 7.21. The Balaban J connectivity index is 1.54. The highest BCUT2D eigenvalue weighted by Crippen LogP contribution is 2.35. The van der Waals surface area contributed by atoms with Crippen molar-refractivity contribution in [1.29, 1.82) is 0 Å². The minimum Gasteiger partial charge on any atom is -0.507 e. The molecule has 35 heavy (non-hydrogen) atoms. The molecule has 1 saturated heterocycles. The molecule has 4 rings (SSSR count). The zero-order chi connectivity index (χ0) is 25.1. The van der Waals surface area contributed by atoms with Gasteiger partial charge in [0.05, 0.1) is 16.9 Å². The number of pyridine rings is 1. The number of aromatic nitrogens is 1. The van der Waals surface area contributed by atoms with Gasteiger partial charge in [0.15, 0.2) is 0 Å². The first kappa shape index (κ1) is 24.5. The number of amides is 1. The number of aryl methyl sites for hydroxylation is 1. The van der Waals surface area contributed by atoms with Crippen molar-refractivity contribution >= 4 is 23.1 Å². The first-order valence-corrected chi connectivity index (χ1v) is 11.9. The molecule has 1 aromatic heterocycles. The monoisotopic (exact) mass is 477 g/mol. The van der Waals surface area contributed by atoms with Gasteiger partial charge in [-0.05, 0) is 74.3 Å². The molecule has 0 aliphatic carbocycles. The van der Waals surface area contributed by atoms with E-state index in [-0.39, 0.29) is 29.3 Å². The summed E-state index contributed by atoms with van der Waals surface area (Å²) >= 11 is 0. The number of nitrogen functional groups attached to an aromatic ring is 1. The standard InChI is InChI=1S/C27H32FN5O2/c1-4-33-13-11-18(12-14-33)30-27(35)20-7-8-23(31-26(20)29)21-16-19(6-10-25(21)34)32(3)24-9-5-17(2)15-22(24)28/h5-10,15-16,18,34H,4,11-14H2,1-3H3,(H2,29,31)(H,30,35). The summed E-state index contributed by atoms with van der Waals surface area (Å²) in [6.45, 7) is 6.91. The predicted molar refractivity (Wildman–Crippen MR) is 138 cm³/mol. The highest BCUT2D eigenvalue weighted by Gasteiger charge is 2.22. The van der Waals surface area contributed by atoms with E-state index in [1.54, 1.807) is 42.3 Å². The van der Waals surface area contributed by atoms with Crippen LogP contribution in [0.3, 0.4) is 0 Å².